The molecule has 1 aromatic carbocycles. The van der Waals surface area contributed by atoms with E-state index in [2.05, 4.69) is 25.5 Å². The fourth-order valence-corrected chi connectivity index (χ4v) is 2.01. The van der Waals surface area contributed by atoms with Gasteiger partial charge >= 0.3 is 0 Å². The molecule has 3 rings (SSSR count). The second-order valence-electron chi connectivity index (χ2n) is 4.01. The molecule has 0 bridgehead atoms. The van der Waals surface area contributed by atoms with Crippen molar-refractivity contribution in [3.05, 3.63) is 41.0 Å². The number of anilines is 2. The third kappa shape index (κ3) is 2.30. The normalized spacial score (nSPS) is 10.8. The summed E-state index contributed by atoms with van der Waals surface area (Å²) < 4.78 is 0. The highest BCUT2D eigenvalue weighted by molar-refractivity contribution is 6.31. The van der Waals surface area contributed by atoms with E-state index in [0.29, 0.717) is 23.0 Å². The number of nitrogens with one attached hydrogen (secondary N) is 2. The molecule has 6 nitrogen and oxygen atoms in total. The number of rotatable bonds is 3. The lowest BCUT2D eigenvalue weighted by Gasteiger charge is -2.08. The van der Waals surface area contributed by atoms with E-state index in [9.17, 15) is 0 Å². The third-order valence-corrected chi connectivity index (χ3v) is 3.10. The first kappa shape index (κ1) is 11.7. The summed E-state index contributed by atoms with van der Waals surface area (Å²) in [6.07, 6.45) is 1.66. The monoisotopic (exact) mass is 274 g/mol. The van der Waals surface area contributed by atoms with Gasteiger partial charge in [0.25, 0.3) is 0 Å². The highest BCUT2D eigenvalue weighted by Gasteiger charge is 2.08. The molecule has 0 unspecified atom stereocenters. The Hall–Kier alpha value is -2.34. The molecule has 0 spiro atoms. The predicted molar refractivity (Wildman–Crippen MR) is 74.9 cm³/mol. The van der Waals surface area contributed by atoms with Crippen LogP contribution in [0, 0.1) is 0 Å². The zero-order valence-corrected chi connectivity index (χ0v) is 10.6. The van der Waals surface area contributed by atoms with E-state index >= 15 is 0 Å². The minimum absolute atomic E-state index is 0.193. The van der Waals surface area contributed by atoms with E-state index in [1.165, 1.54) is 0 Å². The summed E-state index contributed by atoms with van der Waals surface area (Å²) in [5.74, 6) is 0.828. The summed E-state index contributed by atoms with van der Waals surface area (Å²) >= 11 is 6.10. The highest BCUT2D eigenvalue weighted by Crippen LogP contribution is 2.21. The second kappa shape index (κ2) is 4.74. The molecule has 0 aliphatic rings. The van der Waals surface area contributed by atoms with Crippen molar-refractivity contribution >= 4 is 34.4 Å². The van der Waals surface area contributed by atoms with Crippen LogP contribution in [0.15, 0.2) is 30.5 Å². The van der Waals surface area contributed by atoms with Gasteiger partial charge in [-0.25, -0.2) is 0 Å². The number of nitrogens with two attached hydrogens (primary N) is 1. The lowest BCUT2D eigenvalue weighted by Crippen LogP contribution is -2.05. The fraction of sp³-hybridized carbons (Fsp3) is 0.0833. The van der Waals surface area contributed by atoms with Crippen molar-refractivity contribution in [3.63, 3.8) is 0 Å². The minimum Gasteiger partial charge on any atom is -0.368 e. The maximum Gasteiger partial charge on any atom is 0.224 e. The average Bonchev–Trinajstić information content (AvgIpc) is 2.85. The maximum atomic E-state index is 6.10. The van der Waals surface area contributed by atoms with Crippen molar-refractivity contribution in [3.8, 4) is 0 Å². The van der Waals surface area contributed by atoms with Crippen molar-refractivity contribution in [1.82, 2.24) is 20.2 Å². The molecule has 0 aliphatic carbocycles. The van der Waals surface area contributed by atoms with Crippen LogP contribution in [0.25, 0.3) is 11.0 Å². The van der Waals surface area contributed by atoms with Gasteiger partial charge < -0.3 is 11.1 Å². The van der Waals surface area contributed by atoms with Gasteiger partial charge in [0.2, 0.25) is 5.95 Å². The van der Waals surface area contributed by atoms with Crippen molar-refractivity contribution < 1.29 is 0 Å². The van der Waals surface area contributed by atoms with Crippen LogP contribution in [0.3, 0.4) is 0 Å². The molecule has 0 radical (unpaired) electrons. The van der Waals surface area contributed by atoms with Crippen LogP contribution >= 0.6 is 11.6 Å². The standard InChI is InChI=1S/C12H11ClN6/c13-9-4-2-1-3-7(9)5-15-10-8-6-16-19-11(8)18-12(14)17-10/h1-4,6H,5H2,(H4,14,15,16,17,18,19). The van der Waals surface area contributed by atoms with E-state index in [1.54, 1.807) is 6.20 Å². The summed E-state index contributed by atoms with van der Waals surface area (Å²) in [7, 11) is 0. The van der Waals surface area contributed by atoms with Crippen LogP contribution in [-0.2, 0) is 6.54 Å². The van der Waals surface area contributed by atoms with E-state index in [0.717, 1.165) is 10.9 Å². The molecule has 0 fully saturated rings. The van der Waals surface area contributed by atoms with Crippen molar-refractivity contribution in [1.29, 1.82) is 0 Å². The zero-order valence-electron chi connectivity index (χ0n) is 9.89. The smallest absolute Gasteiger partial charge is 0.224 e. The summed E-state index contributed by atoms with van der Waals surface area (Å²) in [4.78, 5) is 8.22. The lowest BCUT2D eigenvalue weighted by atomic mass is 10.2. The van der Waals surface area contributed by atoms with E-state index < -0.39 is 0 Å². The molecule has 7 heteroatoms. The van der Waals surface area contributed by atoms with E-state index in [-0.39, 0.29) is 5.95 Å². The van der Waals surface area contributed by atoms with E-state index in [4.69, 9.17) is 17.3 Å². The minimum atomic E-state index is 0.193. The molecule has 0 atom stereocenters. The Balaban J connectivity index is 1.90. The summed E-state index contributed by atoms with van der Waals surface area (Å²) in [6.45, 7) is 0.552. The van der Waals surface area contributed by atoms with Crippen LogP contribution in [0.1, 0.15) is 5.56 Å². The first-order chi connectivity index (χ1) is 9.24. The number of hydrogen-bond acceptors (Lipinski definition) is 5. The van der Waals surface area contributed by atoms with Gasteiger partial charge in [0.1, 0.15) is 5.82 Å². The van der Waals surface area contributed by atoms with Gasteiger partial charge in [-0.15, -0.1) is 0 Å². The van der Waals surface area contributed by atoms with Gasteiger partial charge in [0.05, 0.1) is 11.6 Å². The third-order valence-electron chi connectivity index (χ3n) is 2.73. The number of halogens is 1. The molecule has 2 heterocycles. The number of fused-ring (bicyclic) bond motifs is 1. The molecule has 4 N–H and O–H groups in total. The Morgan fingerprint density at radius 2 is 2.11 bits per heavy atom. The Bertz CT molecular complexity index is 723. The number of nitrogen functional groups attached to an aromatic ring is 1. The maximum absolute atomic E-state index is 6.10. The predicted octanol–water partition coefficient (Wildman–Crippen LogP) is 2.20. The number of hydrogen-bond donors (Lipinski definition) is 3. The number of aromatic nitrogens is 4. The van der Waals surface area contributed by atoms with Gasteiger partial charge in [0, 0.05) is 11.6 Å². The van der Waals surface area contributed by atoms with Gasteiger partial charge in [-0.05, 0) is 11.6 Å². The van der Waals surface area contributed by atoms with Gasteiger partial charge in [-0.1, -0.05) is 29.8 Å². The summed E-state index contributed by atoms with van der Waals surface area (Å²) in [6, 6.07) is 7.63. The van der Waals surface area contributed by atoms with Gasteiger partial charge in [-0.2, -0.15) is 15.1 Å². The molecular formula is C12H11ClN6. The molecule has 96 valence electrons. The molecule has 0 saturated heterocycles. The van der Waals surface area contributed by atoms with Crippen molar-refractivity contribution in [2.24, 2.45) is 0 Å². The average molecular weight is 275 g/mol. The van der Waals surface area contributed by atoms with Crippen LogP contribution in [0.4, 0.5) is 11.8 Å². The molecule has 19 heavy (non-hydrogen) atoms. The second-order valence-corrected chi connectivity index (χ2v) is 4.41. The molecule has 0 aliphatic heterocycles. The summed E-state index contributed by atoms with van der Waals surface area (Å²) in [5, 5.41) is 11.4. The topological polar surface area (TPSA) is 92.5 Å². The van der Waals surface area contributed by atoms with Gasteiger partial charge in [-0.3, -0.25) is 5.10 Å². The number of aromatic amines is 1. The van der Waals surface area contributed by atoms with E-state index in [1.807, 2.05) is 24.3 Å². The Kier molecular flexibility index (Phi) is 2.92. The quantitative estimate of drug-likeness (QED) is 0.681. The highest BCUT2D eigenvalue weighted by atomic mass is 35.5. The zero-order chi connectivity index (χ0) is 13.2. The number of benzene rings is 1. The van der Waals surface area contributed by atoms with Crippen LogP contribution in [0.5, 0.6) is 0 Å². The van der Waals surface area contributed by atoms with Gasteiger partial charge in [0.15, 0.2) is 5.65 Å². The number of H-pyrrole nitrogens is 1. The first-order valence-electron chi connectivity index (χ1n) is 5.68. The molecule has 2 aromatic heterocycles. The van der Waals surface area contributed by atoms with Crippen LogP contribution in [0.2, 0.25) is 5.02 Å². The molecule has 0 saturated carbocycles. The van der Waals surface area contributed by atoms with Crippen LogP contribution < -0.4 is 11.1 Å². The Morgan fingerprint density at radius 3 is 2.95 bits per heavy atom. The van der Waals surface area contributed by atoms with Crippen molar-refractivity contribution in [2.45, 2.75) is 6.54 Å². The summed E-state index contributed by atoms with van der Waals surface area (Å²) in [5.41, 5.74) is 7.24. The van der Waals surface area contributed by atoms with Crippen LogP contribution in [-0.4, -0.2) is 20.2 Å². The van der Waals surface area contributed by atoms with Crippen molar-refractivity contribution in [2.75, 3.05) is 11.1 Å². The Morgan fingerprint density at radius 1 is 1.26 bits per heavy atom. The molecule has 0 amide bonds. The first-order valence-corrected chi connectivity index (χ1v) is 6.05. The largest absolute Gasteiger partial charge is 0.368 e. The lowest BCUT2D eigenvalue weighted by molar-refractivity contribution is 1.08. The number of nitrogens with zero attached hydrogens (tertiary/aromatic N) is 3. The SMILES string of the molecule is Nc1nc(NCc2ccccc2Cl)c2cn[nH]c2n1. The molecular weight excluding hydrogens is 264 g/mol. The fourth-order valence-electron chi connectivity index (χ4n) is 1.81. The Labute approximate surface area is 114 Å². The molecule has 3 aromatic rings.